The van der Waals surface area contributed by atoms with Gasteiger partial charge in [-0.1, -0.05) is 17.7 Å². The van der Waals surface area contributed by atoms with Crippen LogP contribution < -0.4 is 4.74 Å². The van der Waals surface area contributed by atoms with Crippen LogP contribution in [0.25, 0.3) is 0 Å². The molecule has 0 bridgehead atoms. The summed E-state index contributed by atoms with van der Waals surface area (Å²) in [5.41, 5.74) is 2.72. The standard InChI is InChI=1S/C20H20BrClN2O3/c1-14-2-4-16(11-18(14)22)23-12-15-3-5-19(17(21)10-15)27-13-20(25)24-6-8-26-9-7-24/h2-5,10-12H,6-9,13H2,1H3. The minimum Gasteiger partial charge on any atom is -0.483 e. The molecule has 3 rings (SSSR count). The third-order valence-corrected chi connectivity index (χ3v) is 5.22. The van der Waals surface area contributed by atoms with E-state index >= 15 is 0 Å². The molecular weight excluding hydrogens is 432 g/mol. The maximum Gasteiger partial charge on any atom is 0.260 e. The molecular formula is C20H20BrClN2O3. The molecule has 1 aliphatic rings. The van der Waals surface area contributed by atoms with Crippen LogP contribution in [0, 0.1) is 6.92 Å². The lowest BCUT2D eigenvalue weighted by molar-refractivity contribution is -0.137. The maximum absolute atomic E-state index is 12.2. The van der Waals surface area contributed by atoms with Crippen LogP contribution >= 0.6 is 27.5 Å². The Morgan fingerprint density at radius 2 is 2.07 bits per heavy atom. The fourth-order valence-corrected chi connectivity index (χ4v) is 3.25. The van der Waals surface area contributed by atoms with Crippen molar-refractivity contribution in [2.75, 3.05) is 32.9 Å². The second-order valence-electron chi connectivity index (χ2n) is 6.16. The molecule has 0 aliphatic carbocycles. The van der Waals surface area contributed by atoms with Crippen LogP contribution in [0.4, 0.5) is 5.69 Å². The second kappa shape index (κ2) is 9.35. The van der Waals surface area contributed by atoms with Crippen LogP contribution in [0.1, 0.15) is 11.1 Å². The summed E-state index contributed by atoms with van der Waals surface area (Å²) in [7, 11) is 0. The summed E-state index contributed by atoms with van der Waals surface area (Å²) in [5.74, 6) is 0.583. The predicted octanol–water partition coefficient (Wildman–Crippen LogP) is 4.40. The van der Waals surface area contributed by atoms with E-state index in [9.17, 15) is 4.79 Å². The van der Waals surface area contributed by atoms with Crippen molar-refractivity contribution in [3.63, 3.8) is 0 Å². The summed E-state index contributed by atoms with van der Waals surface area (Å²) in [6, 6.07) is 11.3. The van der Waals surface area contributed by atoms with Gasteiger partial charge in [-0.2, -0.15) is 0 Å². The van der Waals surface area contributed by atoms with Gasteiger partial charge in [0.15, 0.2) is 6.61 Å². The SMILES string of the molecule is Cc1ccc(N=Cc2ccc(OCC(=O)N3CCOCC3)c(Br)c2)cc1Cl. The number of aryl methyl sites for hydroxylation is 1. The number of halogens is 2. The number of benzene rings is 2. The fourth-order valence-electron chi connectivity index (χ4n) is 2.57. The molecule has 0 radical (unpaired) electrons. The van der Waals surface area contributed by atoms with Gasteiger partial charge < -0.3 is 14.4 Å². The van der Waals surface area contributed by atoms with Crippen molar-refractivity contribution < 1.29 is 14.3 Å². The summed E-state index contributed by atoms with van der Waals surface area (Å²) in [6.45, 7) is 4.35. The Kier molecular flexibility index (Phi) is 6.88. The molecule has 0 saturated carbocycles. The van der Waals surface area contributed by atoms with Gasteiger partial charge in [0.1, 0.15) is 5.75 Å². The average Bonchev–Trinajstić information content (AvgIpc) is 2.68. The highest BCUT2D eigenvalue weighted by molar-refractivity contribution is 9.10. The first kappa shape index (κ1) is 19.9. The van der Waals surface area contributed by atoms with E-state index in [0.717, 1.165) is 21.3 Å². The van der Waals surface area contributed by atoms with Crippen molar-refractivity contribution in [3.05, 3.63) is 57.0 Å². The Bertz CT molecular complexity index is 851. The summed E-state index contributed by atoms with van der Waals surface area (Å²) in [4.78, 5) is 18.4. The first-order valence-corrected chi connectivity index (χ1v) is 9.78. The number of amides is 1. The zero-order valence-corrected chi connectivity index (χ0v) is 17.3. The number of hydrogen-bond donors (Lipinski definition) is 0. The van der Waals surface area contributed by atoms with Crippen molar-refractivity contribution in [1.29, 1.82) is 0 Å². The monoisotopic (exact) mass is 450 g/mol. The molecule has 1 fully saturated rings. The molecule has 142 valence electrons. The Balaban J connectivity index is 1.60. The molecule has 0 aromatic heterocycles. The Labute approximate surface area is 172 Å². The number of morpholine rings is 1. The quantitative estimate of drug-likeness (QED) is 0.633. The van der Waals surface area contributed by atoms with Crippen LogP contribution in [0.15, 0.2) is 45.9 Å². The van der Waals surface area contributed by atoms with Gasteiger partial charge in [0, 0.05) is 24.3 Å². The zero-order chi connectivity index (χ0) is 19.2. The molecule has 0 atom stereocenters. The van der Waals surface area contributed by atoms with Gasteiger partial charge in [0.2, 0.25) is 0 Å². The van der Waals surface area contributed by atoms with Gasteiger partial charge in [-0.3, -0.25) is 9.79 Å². The molecule has 1 heterocycles. The third-order valence-electron chi connectivity index (χ3n) is 4.19. The zero-order valence-electron chi connectivity index (χ0n) is 15.0. The van der Waals surface area contributed by atoms with Crippen molar-refractivity contribution in [1.82, 2.24) is 4.90 Å². The molecule has 27 heavy (non-hydrogen) atoms. The highest BCUT2D eigenvalue weighted by atomic mass is 79.9. The third kappa shape index (κ3) is 5.54. The number of aliphatic imine (C=N–C) groups is 1. The fraction of sp³-hybridized carbons (Fsp3) is 0.300. The molecule has 2 aromatic carbocycles. The lowest BCUT2D eigenvalue weighted by Crippen LogP contribution is -2.43. The number of carbonyl (C=O) groups is 1. The lowest BCUT2D eigenvalue weighted by atomic mass is 10.2. The predicted molar refractivity (Wildman–Crippen MR) is 110 cm³/mol. The van der Waals surface area contributed by atoms with E-state index in [1.807, 2.05) is 43.3 Å². The van der Waals surface area contributed by atoms with Crippen molar-refractivity contribution in [2.24, 2.45) is 4.99 Å². The van der Waals surface area contributed by atoms with E-state index in [0.29, 0.717) is 37.1 Å². The normalized spacial score (nSPS) is 14.6. The molecule has 0 N–H and O–H groups in total. The van der Waals surface area contributed by atoms with E-state index in [4.69, 9.17) is 21.1 Å². The number of hydrogen-bond acceptors (Lipinski definition) is 4. The number of ether oxygens (including phenoxy) is 2. The highest BCUT2D eigenvalue weighted by Gasteiger charge is 2.17. The largest absolute Gasteiger partial charge is 0.483 e. The smallest absolute Gasteiger partial charge is 0.260 e. The van der Waals surface area contributed by atoms with E-state index in [2.05, 4.69) is 20.9 Å². The first-order chi connectivity index (χ1) is 13.0. The van der Waals surface area contributed by atoms with Gasteiger partial charge in [-0.25, -0.2) is 0 Å². The van der Waals surface area contributed by atoms with E-state index in [1.54, 1.807) is 11.1 Å². The molecule has 0 spiro atoms. The van der Waals surface area contributed by atoms with Crippen molar-refractivity contribution in [2.45, 2.75) is 6.92 Å². The van der Waals surface area contributed by atoms with Crippen LogP contribution in [0.5, 0.6) is 5.75 Å². The summed E-state index contributed by atoms with van der Waals surface area (Å²) in [6.07, 6.45) is 1.76. The molecule has 1 aliphatic heterocycles. The van der Waals surface area contributed by atoms with Gasteiger partial charge in [-0.15, -0.1) is 0 Å². The van der Waals surface area contributed by atoms with E-state index in [-0.39, 0.29) is 12.5 Å². The van der Waals surface area contributed by atoms with Crippen LogP contribution in [-0.2, 0) is 9.53 Å². The number of carbonyl (C=O) groups excluding carboxylic acids is 1. The molecule has 1 amide bonds. The van der Waals surface area contributed by atoms with Crippen LogP contribution in [-0.4, -0.2) is 49.9 Å². The molecule has 5 nitrogen and oxygen atoms in total. The Morgan fingerprint density at radius 1 is 1.30 bits per heavy atom. The molecule has 1 saturated heterocycles. The summed E-state index contributed by atoms with van der Waals surface area (Å²) < 4.78 is 11.7. The lowest BCUT2D eigenvalue weighted by Gasteiger charge is -2.26. The molecule has 0 unspecified atom stereocenters. The van der Waals surface area contributed by atoms with Gasteiger partial charge in [0.05, 0.1) is 23.4 Å². The number of rotatable bonds is 5. The van der Waals surface area contributed by atoms with E-state index < -0.39 is 0 Å². The topological polar surface area (TPSA) is 51.1 Å². The first-order valence-electron chi connectivity index (χ1n) is 8.61. The molecule has 2 aromatic rings. The van der Waals surface area contributed by atoms with Crippen LogP contribution in [0.2, 0.25) is 5.02 Å². The summed E-state index contributed by atoms with van der Waals surface area (Å²) >= 11 is 9.61. The Morgan fingerprint density at radius 3 is 2.78 bits per heavy atom. The Hall–Kier alpha value is -1.89. The second-order valence-corrected chi connectivity index (χ2v) is 7.42. The maximum atomic E-state index is 12.2. The highest BCUT2D eigenvalue weighted by Crippen LogP contribution is 2.26. The van der Waals surface area contributed by atoms with Gasteiger partial charge in [-0.05, 0) is 64.3 Å². The van der Waals surface area contributed by atoms with Crippen molar-refractivity contribution in [3.8, 4) is 5.75 Å². The minimum absolute atomic E-state index is 0.00784. The summed E-state index contributed by atoms with van der Waals surface area (Å²) in [5, 5.41) is 0.694. The van der Waals surface area contributed by atoms with Gasteiger partial charge >= 0.3 is 0 Å². The average molecular weight is 452 g/mol. The van der Waals surface area contributed by atoms with E-state index in [1.165, 1.54) is 0 Å². The minimum atomic E-state index is -0.0351. The van der Waals surface area contributed by atoms with Crippen LogP contribution in [0.3, 0.4) is 0 Å². The van der Waals surface area contributed by atoms with Gasteiger partial charge in [0.25, 0.3) is 5.91 Å². The number of nitrogens with zero attached hydrogens (tertiary/aromatic N) is 2. The van der Waals surface area contributed by atoms with Crippen molar-refractivity contribution >= 4 is 45.3 Å². The molecule has 7 heteroatoms.